The van der Waals surface area contributed by atoms with Crippen molar-refractivity contribution in [2.45, 2.75) is 24.9 Å². The summed E-state index contributed by atoms with van der Waals surface area (Å²) in [5.74, 6) is -1.66. The summed E-state index contributed by atoms with van der Waals surface area (Å²) in [6, 6.07) is 7.22. The Labute approximate surface area is 163 Å². The Kier molecular flexibility index (Phi) is 6.70. The number of aryl methyl sites for hydroxylation is 2. The molecule has 2 aromatic rings. The van der Waals surface area contributed by atoms with Gasteiger partial charge in [0.05, 0.1) is 11.1 Å². The Balaban J connectivity index is 2.02. The van der Waals surface area contributed by atoms with Gasteiger partial charge in [-0.3, -0.25) is 4.79 Å². The van der Waals surface area contributed by atoms with Gasteiger partial charge in [0, 0.05) is 10.6 Å². The predicted octanol–water partition coefficient (Wildman–Crippen LogP) is 4.69. The van der Waals surface area contributed by atoms with E-state index in [2.05, 4.69) is 5.32 Å². The van der Waals surface area contributed by atoms with E-state index in [0.717, 1.165) is 39.9 Å². The van der Waals surface area contributed by atoms with Crippen LogP contribution in [-0.2, 0) is 15.7 Å². The van der Waals surface area contributed by atoms with Crippen LogP contribution in [-0.4, -0.2) is 18.5 Å². The zero-order chi connectivity index (χ0) is 20.9. The van der Waals surface area contributed by atoms with Crippen molar-refractivity contribution in [1.29, 1.82) is 5.26 Å². The Morgan fingerprint density at radius 2 is 1.82 bits per heavy atom. The Morgan fingerprint density at radius 1 is 1.18 bits per heavy atom. The smallest absolute Gasteiger partial charge is 0.416 e. The zero-order valence-electron chi connectivity index (χ0n) is 14.9. The standard InChI is InChI=1S/C19H15F3N2O3S/c1-11-6-15(28-10-23)7-12(2)17(11)24-16(25)9-27-18(26)13-4-3-5-14(8-13)19(20,21)22/h3-8H,9H2,1-2H3,(H,24,25). The number of ether oxygens (including phenoxy) is 1. The van der Waals surface area contributed by atoms with E-state index in [-0.39, 0.29) is 5.56 Å². The van der Waals surface area contributed by atoms with E-state index in [1.54, 1.807) is 26.0 Å². The van der Waals surface area contributed by atoms with Crippen molar-refractivity contribution in [3.63, 3.8) is 0 Å². The van der Waals surface area contributed by atoms with Crippen LogP contribution in [0.1, 0.15) is 27.0 Å². The predicted molar refractivity (Wildman–Crippen MR) is 97.7 cm³/mol. The molecule has 0 fully saturated rings. The van der Waals surface area contributed by atoms with Crippen LogP contribution in [0, 0.1) is 24.5 Å². The van der Waals surface area contributed by atoms with Gasteiger partial charge in [-0.25, -0.2) is 4.79 Å². The van der Waals surface area contributed by atoms with Gasteiger partial charge in [-0.05, 0) is 67.1 Å². The van der Waals surface area contributed by atoms with Crippen LogP contribution in [0.3, 0.4) is 0 Å². The number of esters is 1. The van der Waals surface area contributed by atoms with Gasteiger partial charge in [-0.1, -0.05) is 6.07 Å². The molecular weight excluding hydrogens is 393 g/mol. The number of rotatable bonds is 5. The number of thiocyanates is 1. The lowest BCUT2D eigenvalue weighted by atomic mass is 10.1. The summed E-state index contributed by atoms with van der Waals surface area (Å²) in [7, 11) is 0. The van der Waals surface area contributed by atoms with Crippen molar-refractivity contribution in [3.05, 3.63) is 58.7 Å². The number of carbonyl (C=O) groups excluding carboxylic acids is 2. The third-order valence-electron chi connectivity index (χ3n) is 3.69. The molecule has 0 aliphatic rings. The van der Waals surface area contributed by atoms with E-state index in [4.69, 9.17) is 10.00 Å². The number of nitrogens with one attached hydrogen (secondary N) is 1. The van der Waals surface area contributed by atoms with E-state index in [9.17, 15) is 22.8 Å². The Hall–Kier alpha value is -2.99. The minimum absolute atomic E-state index is 0.298. The number of thioether (sulfide) groups is 1. The van der Waals surface area contributed by atoms with E-state index < -0.39 is 30.2 Å². The quantitative estimate of drug-likeness (QED) is 0.441. The maximum absolute atomic E-state index is 12.7. The Bertz CT molecular complexity index is 929. The second-order valence-electron chi connectivity index (χ2n) is 5.83. The first-order valence-electron chi connectivity index (χ1n) is 7.93. The van der Waals surface area contributed by atoms with Crippen LogP contribution in [0.5, 0.6) is 0 Å². The van der Waals surface area contributed by atoms with Crippen LogP contribution in [0.2, 0.25) is 0 Å². The van der Waals surface area contributed by atoms with Gasteiger partial charge in [0.2, 0.25) is 0 Å². The molecule has 2 aromatic carbocycles. The summed E-state index contributed by atoms with van der Waals surface area (Å²) in [6.07, 6.45) is -4.58. The van der Waals surface area contributed by atoms with Crippen molar-refractivity contribution in [2.24, 2.45) is 0 Å². The zero-order valence-corrected chi connectivity index (χ0v) is 15.7. The van der Waals surface area contributed by atoms with Crippen LogP contribution in [0.15, 0.2) is 41.3 Å². The highest BCUT2D eigenvalue weighted by molar-refractivity contribution is 8.03. The average molecular weight is 408 g/mol. The summed E-state index contributed by atoms with van der Waals surface area (Å²) >= 11 is 0.989. The van der Waals surface area contributed by atoms with E-state index in [0.29, 0.717) is 11.8 Å². The molecular formula is C19H15F3N2O3S. The molecule has 9 heteroatoms. The summed E-state index contributed by atoms with van der Waals surface area (Å²) in [5.41, 5.74) is 0.675. The second kappa shape index (κ2) is 8.80. The molecule has 0 saturated heterocycles. The van der Waals surface area contributed by atoms with E-state index in [1.165, 1.54) is 6.07 Å². The molecule has 1 amide bonds. The van der Waals surface area contributed by atoms with Gasteiger partial charge in [0.1, 0.15) is 5.40 Å². The first-order valence-corrected chi connectivity index (χ1v) is 8.75. The van der Waals surface area contributed by atoms with Gasteiger partial charge < -0.3 is 10.1 Å². The fraction of sp³-hybridized carbons (Fsp3) is 0.211. The molecule has 0 unspecified atom stereocenters. The van der Waals surface area contributed by atoms with Crippen LogP contribution in [0.4, 0.5) is 18.9 Å². The number of nitrogens with zero attached hydrogens (tertiary/aromatic N) is 1. The lowest BCUT2D eigenvalue weighted by Crippen LogP contribution is -2.22. The average Bonchev–Trinajstić information content (AvgIpc) is 2.62. The molecule has 146 valence electrons. The van der Waals surface area contributed by atoms with Crippen LogP contribution < -0.4 is 5.32 Å². The topological polar surface area (TPSA) is 79.2 Å². The van der Waals surface area contributed by atoms with Crippen molar-refractivity contribution in [2.75, 3.05) is 11.9 Å². The SMILES string of the molecule is Cc1cc(SC#N)cc(C)c1NC(=O)COC(=O)c1cccc(C(F)(F)F)c1. The highest BCUT2D eigenvalue weighted by atomic mass is 32.2. The maximum atomic E-state index is 12.7. The highest BCUT2D eigenvalue weighted by Gasteiger charge is 2.31. The van der Waals surface area contributed by atoms with Gasteiger partial charge in [0.25, 0.3) is 5.91 Å². The third-order valence-corrected chi connectivity index (χ3v) is 4.26. The minimum Gasteiger partial charge on any atom is -0.452 e. The molecule has 0 radical (unpaired) electrons. The van der Waals surface area contributed by atoms with Gasteiger partial charge in [-0.15, -0.1) is 0 Å². The normalized spacial score (nSPS) is 10.9. The molecule has 0 atom stereocenters. The van der Waals surface area contributed by atoms with Gasteiger partial charge in [0.15, 0.2) is 6.61 Å². The fourth-order valence-corrected chi connectivity index (χ4v) is 3.02. The van der Waals surface area contributed by atoms with Gasteiger partial charge >= 0.3 is 12.1 Å². The van der Waals surface area contributed by atoms with Crippen LogP contribution >= 0.6 is 11.8 Å². The lowest BCUT2D eigenvalue weighted by Gasteiger charge is -2.13. The molecule has 0 saturated carbocycles. The molecule has 0 spiro atoms. The Morgan fingerprint density at radius 3 is 2.39 bits per heavy atom. The summed E-state index contributed by atoms with van der Waals surface area (Å²) in [5, 5.41) is 13.3. The molecule has 0 aliphatic heterocycles. The van der Waals surface area contributed by atoms with Crippen molar-refractivity contribution in [3.8, 4) is 5.40 Å². The summed E-state index contributed by atoms with van der Waals surface area (Å²) < 4.78 is 42.9. The number of alkyl halides is 3. The van der Waals surface area contributed by atoms with Gasteiger partial charge in [-0.2, -0.15) is 18.4 Å². The van der Waals surface area contributed by atoms with Crippen molar-refractivity contribution < 1.29 is 27.5 Å². The third kappa shape index (κ3) is 5.50. The molecule has 2 rings (SSSR count). The molecule has 0 bridgehead atoms. The first kappa shape index (κ1) is 21.3. The fourth-order valence-electron chi connectivity index (χ4n) is 2.45. The largest absolute Gasteiger partial charge is 0.452 e. The van der Waals surface area contributed by atoms with E-state index in [1.807, 2.05) is 5.40 Å². The molecule has 0 aliphatic carbocycles. The van der Waals surface area contributed by atoms with Crippen molar-refractivity contribution in [1.82, 2.24) is 0 Å². The minimum atomic E-state index is -4.58. The first-order chi connectivity index (χ1) is 13.1. The monoisotopic (exact) mass is 408 g/mol. The molecule has 0 aromatic heterocycles. The number of carbonyl (C=O) groups is 2. The molecule has 5 nitrogen and oxygen atoms in total. The number of nitriles is 1. The summed E-state index contributed by atoms with van der Waals surface area (Å²) in [4.78, 5) is 24.7. The number of anilines is 1. The number of amides is 1. The molecule has 1 N–H and O–H groups in total. The number of halogens is 3. The second-order valence-corrected chi connectivity index (χ2v) is 6.69. The molecule has 28 heavy (non-hydrogen) atoms. The lowest BCUT2D eigenvalue weighted by molar-refractivity contribution is -0.137. The molecule has 0 heterocycles. The van der Waals surface area contributed by atoms with Crippen molar-refractivity contribution >= 4 is 29.3 Å². The maximum Gasteiger partial charge on any atom is 0.416 e. The number of hydrogen-bond acceptors (Lipinski definition) is 5. The highest BCUT2D eigenvalue weighted by Crippen LogP contribution is 2.30. The number of hydrogen-bond donors (Lipinski definition) is 1. The van der Waals surface area contributed by atoms with E-state index >= 15 is 0 Å². The summed E-state index contributed by atoms with van der Waals surface area (Å²) in [6.45, 7) is 2.85. The van der Waals surface area contributed by atoms with Crippen LogP contribution in [0.25, 0.3) is 0 Å². The number of benzene rings is 2.